The van der Waals surface area contributed by atoms with E-state index in [0.717, 1.165) is 5.52 Å². The van der Waals surface area contributed by atoms with Gasteiger partial charge in [-0.05, 0) is 19.1 Å². The number of alkyl halides is 1. The Hall–Kier alpha value is -2.39. The molecule has 0 aliphatic heterocycles. The number of rotatable bonds is 3. The minimum atomic E-state index is -0.291. The van der Waals surface area contributed by atoms with Gasteiger partial charge in [-0.3, -0.25) is 0 Å². The molecule has 2 heterocycles. The van der Waals surface area contributed by atoms with Crippen LogP contribution in [0, 0.1) is 11.3 Å². The molecule has 0 fully saturated rings. The van der Waals surface area contributed by atoms with Gasteiger partial charge in [-0.15, -0.1) is 11.6 Å². The summed E-state index contributed by atoms with van der Waals surface area (Å²) in [6.45, 7) is 2.23. The quantitative estimate of drug-likeness (QED) is 0.692. The summed E-state index contributed by atoms with van der Waals surface area (Å²) in [5.41, 5.74) is 1.99. The van der Waals surface area contributed by atoms with Crippen molar-refractivity contribution in [2.75, 3.05) is 0 Å². The van der Waals surface area contributed by atoms with Crippen LogP contribution in [0.4, 0.5) is 0 Å². The van der Waals surface area contributed by atoms with E-state index in [1.165, 1.54) is 6.39 Å². The van der Waals surface area contributed by atoms with E-state index in [1.54, 1.807) is 6.07 Å². The first-order valence-corrected chi connectivity index (χ1v) is 6.43. The van der Waals surface area contributed by atoms with E-state index >= 15 is 0 Å². The minimum Gasteiger partial charge on any atom is -0.343 e. The van der Waals surface area contributed by atoms with E-state index in [0.29, 0.717) is 29.3 Å². The van der Waals surface area contributed by atoms with Crippen molar-refractivity contribution in [1.82, 2.24) is 19.7 Å². The van der Waals surface area contributed by atoms with Gasteiger partial charge in [-0.25, -0.2) is 4.98 Å². The molecule has 20 heavy (non-hydrogen) atoms. The Morgan fingerprint density at radius 2 is 2.35 bits per heavy atom. The van der Waals surface area contributed by atoms with Crippen LogP contribution in [0.1, 0.15) is 29.5 Å². The Balaban J connectivity index is 2.22. The van der Waals surface area contributed by atoms with Gasteiger partial charge in [0.25, 0.3) is 0 Å². The number of nitriles is 1. The van der Waals surface area contributed by atoms with Crippen LogP contribution in [-0.4, -0.2) is 19.7 Å². The molecule has 1 atom stereocenters. The molecule has 1 aromatic carbocycles. The third-order valence-corrected chi connectivity index (χ3v) is 3.19. The van der Waals surface area contributed by atoms with Crippen molar-refractivity contribution in [2.24, 2.45) is 0 Å². The highest BCUT2D eigenvalue weighted by atomic mass is 35.5. The molecular formula is C13H10ClN5O. The fourth-order valence-electron chi connectivity index (χ4n) is 2.13. The number of halogens is 1. The normalized spacial score (nSPS) is 12.4. The second-order valence-corrected chi connectivity index (χ2v) is 4.96. The van der Waals surface area contributed by atoms with Crippen LogP contribution < -0.4 is 0 Å². The summed E-state index contributed by atoms with van der Waals surface area (Å²) < 4.78 is 6.64. The molecule has 1 unspecified atom stereocenters. The van der Waals surface area contributed by atoms with Crippen LogP contribution >= 0.6 is 11.6 Å². The fourth-order valence-corrected chi connectivity index (χ4v) is 2.30. The molecule has 3 rings (SSSR count). The third-order valence-electron chi connectivity index (χ3n) is 2.99. The Morgan fingerprint density at radius 3 is 3.00 bits per heavy atom. The van der Waals surface area contributed by atoms with E-state index < -0.39 is 0 Å². The van der Waals surface area contributed by atoms with E-state index in [4.69, 9.17) is 21.4 Å². The first kappa shape index (κ1) is 12.6. The first-order valence-electron chi connectivity index (χ1n) is 5.99. The van der Waals surface area contributed by atoms with E-state index in [-0.39, 0.29) is 5.38 Å². The number of benzene rings is 1. The number of nitrogens with zero attached hydrogens (tertiary/aromatic N) is 5. The molecular weight excluding hydrogens is 278 g/mol. The summed E-state index contributed by atoms with van der Waals surface area (Å²) >= 11 is 6.18. The zero-order valence-corrected chi connectivity index (χ0v) is 11.4. The van der Waals surface area contributed by atoms with Crippen LogP contribution in [-0.2, 0) is 6.54 Å². The summed E-state index contributed by atoms with van der Waals surface area (Å²) in [7, 11) is 0. The highest BCUT2D eigenvalue weighted by molar-refractivity contribution is 6.20. The van der Waals surface area contributed by atoms with Crippen LogP contribution in [0.25, 0.3) is 11.0 Å². The fraction of sp³-hybridized carbons (Fsp3) is 0.231. The van der Waals surface area contributed by atoms with E-state index in [2.05, 4.69) is 21.2 Å². The van der Waals surface area contributed by atoms with Gasteiger partial charge in [-0.2, -0.15) is 10.2 Å². The number of hydrogen-bond donors (Lipinski definition) is 0. The molecule has 2 aromatic heterocycles. The lowest BCUT2D eigenvalue weighted by molar-refractivity contribution is 0.408. The van der Waals surface area contributed by atoms with Crippen molar-refractivity contribution >= 4 is 22.6 Å². The van der Waals surface area contributed by atoms with Gasteiger partial charge >= 0.3 is 0 Å². The Labute approximate surface area is 119 Å². The average molecular weight is 288 g/mol. The Kier molecular flexibility index (Phi) is 3.12. The van der Waals surface area contributed by atoms with E-state index in [1.807, 2.05) is 23.6 Å². The first-order chi connectivity index (χ1) is 9.70. The monoisotopic (exact) mass is 287 g/mol. The molecule has 0 aliphatic rings. The smallest absolute Gasteiger partial charge is 0.213 e. The largest absolute Gasteiger partial charge is 0.343 e. The van der Waals surface area contributed by atoms with Gasteiger partial charge < -0.3 is 9.09 Å². The second kappa shape index (κ2) is 4.94. The molecule has 7 heteroatoms. The zero-order chi connectivity index (χ0) is 14.1. The summed E-state index contributed by atoms with van der Waals surface area (Å²) in [4.78, 5) is 8.49. The van der Waals surface area contributed by atoms with Crippen LogP contribution in [0.2, 0.25) is 0 Å². The van der Waals surface area contributed by atoms with Crippen molar-refractivity contribution in [1.29, 1.82) is 5.26 Å². The molecule has 0 bridgehead atoms. The third kappa shape index (κ3) is 2.02. The van der Waals surface area contributed by atoms with Crippen molar-refractivity contribution in [3.8, 4) is 6.07 Å². The van der Waals surface area contributed by atoms with E-state index in [9.17, 15) is 0 Å². The number of fused-ring (bicyclic) bond motifs is 1. The molecule has 0 spiro atoms. The Bertz CT molecular complexity index is 785. The number of aromatic nitrogens is 4. The van der Waals surface area contributed by atoms with Crippen molar-refractivity contribution in [3.05, 3.63) is 41.8 Å². The van der Waals surface area contributed by atoms with Crippen LogP contribution in [0.5, 0.6) is 0 Å². The van der Waals surface area contributed by atoms with Crippen molar-refractivity contribution < 1.29 is 4.52 Å². The van der Waals surface area contributed by atoms with Gasteiger partial charge in [0.05, 0.1) is 23.0 Å². The average Bonchev–Trinajstić information content (AvgIpc) is 3.07. The molecule has 6 nitrogen and oxygen atoms in total. The maximum Gasteiger partial charge on any atom is 0.213 e. The maximum atomic E-state index is 9.16. The van der Waals surface area contributed by atoms with Crippen LogP contribution in [0.3, 0.4) is 0 Å². The molecule has 3 aromatic rings. The predicted octanol–water partition coefficient (Wildman–Crippen LogP) is 2.64. The SMILES string of the molecule is CC(Cl)c1nc2c(C#N)cccc2n1Cc1ncon1. The topological polar surface area (TPSA) is 80.5 Å². The minimum absolute atomic E-state index is 0.291. The highest BCUT2D eigenvalue weighted by Crippen LogP contribution is 2.26. The predicted molar refractivity (Wildman–Crippen MR) is 72.1 cm³/mol. The van der Waals surface area contributed by atoms with Gasteiger partial charge in [0.2, 0.25) is 6.39 Å². The van der Waals surface area contributed by atoms with Crippen molar-refractivity contribution in [3.63, 3.8) is 0 Å². The lowest BCUT2D eigenvalue weighted by Crippen LogP contribution is -2.06. The lowest BCUT2D eigenvalue weighted by Gasteiger charge is -2.07. The Morgan fingerprint density at radius 1 is 1.50 bits per heavy atom. The summed E-state index contributed by atoms with van der Waals surface area (Å²) in [5, 5.41) is 12.7. The molecule has 0 saturated carbocycles. The molecule has 0 aliphatic carbocycles. The zero-order valence-electron chi connectivity index (χ0n) is 10.6. The summed E-state index contributed by atoms with van der Waals surface area (Å²) in [5.74, 6) is 1.21. The summed E-state index contributed by atoms with van der Waals surface area (Å²) in [6, 6.07) is 7.58. The van der Waals surface area contributed by atoms with Gasteiger partial charge in [0.1, 0.15) is 17.4 Å². The van der Waals surface area contributed by atoms with Gasteiger partial charge in [0.15, 0.2) is 5.82 Å². The molecule has 0 radical (unpaired) electrons. The van der Waals surface area contributed by atoms with Crippen molar-refractivity contribution in [2.45, 2.75) is 18.8 Å². The maximum absolute atomic E-state index is 9.16. The second-order valence-electron chi connectivity index (χ2n) is 4.30. The molecule has 0 saturated heterocycles. The molecule has 100 valence electrons. The lowest BCUT2D eigenvalue weighted by atomic mass is 10.2. The highest BCUT2D eigenvalue weighted by Gasteiger charge is 2.18. The standard InChI is InChI=1S/C13H10ClN5O/c1-8(14)13-17-12-9(5-15)3-2-4-10(12)19(13)6-11-16-7-20-18-11/h2-4,7-8H,6H2,1H3. The molecule has 0 amide bonds. The van der Waals surface area contributed by atoms with Gasteiger partial charge in [0, 0.05) is 0 Å². The van der Waals surface area contributed by atoms with Crippen LogP contribution in [0.15, 0.2) is 29.1 Å². The summed E-state index contributed by atoms with van der Waals surface area (Å²) in [6.07, 6.45) is 1.28. The number of hydrogen-bond acceptors (Lipinski definition) is 5. The molecule has 0 N–H and O–H groups in total. The van der Waals surface area contributed by atoms with Gasteiger partial charge in [-0.1, -0.05) is 11.2 Å². The number of para-hydroxylation sites is 1. The number of imidazole rings is 1.